The fraction of sp³-hybridized carbons (Fsp3) is 0.211. The smallest absolute Gasteiger partial charge is 0.310 e. The van der Waals surface area contributed by atoms with Gasteiger partial charge in [0.1, 0.15) is 6.61 Å². The normalized spacial score (nSPS) is 13.1. The number of nitrogens with zero attached hydrogens (tertiary/aromatic N) is 1. The Bertz CT molecular complexity index is 760. The van der Waals surface area contributed by atoms with Gasteiger partial charge in [-0.25, -0.2) is 0 Å². The Hall–Kier alpha value is -2.95. The summed E-state index contributed by atoms with van der Waals surface area (Å²) in [6.45, 7) is 2.03. The van der Waals surface area contributed by atoms with Crippen LogP contribution in [-0.4, -0.2) is 35.8 Å². The molecule has 5 nitrogen and oxygen atoms in total. The Kier molecular flexibility index (Phi) is 4.42. The van der Waals surface area contributed by atoms with E-state index < -0.39 is 0 Å². The van der Waals surface area contributed by atoms with E-state index in [4.69, 9.17) is 4.74 Å². The van der Waals surface area contributed by atoms with Crippen LogP contribution in [-0.2, 0) is 16.0 Å². The Morgan fingerprint density at radius 2 is 1.54 bits per heavy atom. The van der Waals surface area contributed by atoms with E-state index in [0.29, 0.717) is 11.1 Å². The lowest BCUT2D eigenvalue weighted by Gasteiger charge is -2.13. The summed E-state index contributed by atoms with van der Waals surface area (Å²) in [5.41, 5.74) is 2.78. The van der Waals surface area contributed by atoms with Crippen LogP contribution in [0.1, 0.15) is 31.8 Å². The topological polar surface area (TPSA) is 63.7 Å². The van der Waals surface area contributed by atoms with E-state index in [1.54, 1.807) is 24.3 Å². The molecule has 0 fully saturated rings. The lowest BCUT2D eigenvalue weighted by molar-refractivity contribution is -0.143. The summed E-state index contributed by atoms with van der Waals surface area (Å²) in [6, 6.07) is 14.3. The fourth-order valence-corrected chi connectivity index (χ4v) is 2.62. The quantitative estimate of drug-likeness (QED) is 0.626. The highest BCUT2D eigenvalue weighted by molar-refractivity contribution is 6.21. The number of fused-ring (bicyclic) bond motifs is 1. The summed E-state index contributed by atoms with van der Waals surface area (Å²) in [5, 5.41) is 0. The van der Waals surface area contributed by atoms with Crippen LogP contribution in [0.5, 0.6) is 0 Å². The number of imide groups is 1. The molecule has 0 radical (unpaired) electrons. The summed E-state index contributed by atoms with van der Waals surface area (Å²) in [5.74, 6) is -1.06. The van der Waals surface area contributed by atoms with Crippen molar-refractivity contribution in [2.75, 3.05) is 13.2 Å². The zero-order valence-corrected chi connectivity index (χ0v) is 13.3. The van der Waals surface area contributed by atoms with E-state index in [1.165, 1.54) is 0 Å². The van der Waals surface area contributed by atoms with Crippen molar-refractivity contribution in [2.45, 2.75) is 13.3 Å². The third-order valence-corrected chi connectivity index (χ3v) is 3.93. The van der Waals surface area contributed by atoms with Crippen LogP contribution in [0.3, 0.4) is 0 Å². The molecule has 2 aromatic rings. The maximum Gasteiger partial charge on any atom is 0.310 e. The highest BCUT2D eigenvalue weighted by Crippen LogP contribution is 2.21. The number of hydrogen-bond acceptors (Lipinski definition) is 4. The average molecular weight is 323 g/mol. The third-order valence-electron chi connectivity index (χ3n) is 3.93. The van der Waals surface area contributed by atoms with Crippen LogP contribution in [0.25, 0.3) is 0 Å². The van der Waals surface area contributed by atoms with Gasteiger partial charge in [0.25, 0.3) is 11.8 Å². The molecule has 2 aromatic carbocycles. The second-order valence-corrected chi connectivity index (χ2v) is 5.69. The summed E-state index contributed by atoms with van der Waals surface area (Å²) in [7, 11) is 0. The third kappa shape index (κ3) is 3.20. The van der Waals surface area contributed by atoms with Crippen LogP contribution < -0.4 is 0 Å². The second kappa shape index (κ2) is 6.66. The number of aryl methyl sites for hydroxylation is 1. The lowest BCUT2D eigenvalue weighted by atomic mass is 10.1. The minimum atomic E-state index is -0.379. The first-order chi connectivity index (χ1) is 11.6. The van der Waals surface area contributed by atoms with Crippen molar-refractivity contribution in [1.82, 2.24) is 4.90 Å². The Balaban J connectivity index is 1.52. The van der Waals surface area contributed by atoms with E-state index in [2.05, 4.69) is 0 Å². The SMILES string of the molecule is Cc1ccc(CC(=O)OCCN2C(=O)c3ccccc3C2=O)cc1. The van der Waals surface area contributed by atoms with Gasteiger partial charge in [-0.05, 0) is 24.6 Å². The van der Waals surface area contributed by atoms with Gasteiger partial charge in [0.15, 0.2) is 0 Å². The number of ether oxygens (including phenoxy) is 1. The number of amides is 2. The molecule has 1 aliphatic rings. The zero-order chi connectivity index (χ0) is 17.1. The van der Waals surface area contributed by atoms with Crippen molar-refractivity contribution in [2.24, 2.45) is 0 Å². The number of benzene rings is 2. The first-order valence-electron chi connectivity index (χ1n) is 7.72. The van der Waals surface area contributed by atoms with Crippen LogP contribution in [0, 0.1) is 6.92 Å². The van der Waals surface area contributed by atoms with Crippen molar-refractivity contribution >= 4 is 17.8 Å². The van der Waals surface area contributed by atoms with Crippen LogP contribution >= 0.6 is 0 Å². The van der Waals surface area contributed by atoms with Crippen LogP contribution in [0.2, 0.25) is 0 Å². The fourth-order valence-electron chi connectivity index (χ4n) is 2.62. The highest BCUT2D eigenvalue weighted by atomic mass is 16.5. The van der Waals surface area contributed by atoms with E-state index >= 15 is 0 Å². The first-order valence-corrected chi connectivity index (χ1v) is 7.72. The van der Waals surface area contributed by atoms with E-state index in [-0.39, 0.29) is 37.4 Å². The molecular formula is C19H17NO4. The van der Waals surface area contributed by atoms with Gasteiger partial charge >= 0.3 is 5.97 Å². The predicted octanol–water partition coefficient (Wildman–Crippen LogP) is 2.38. The number of carbonyl (C=O) groups excluding carboxylic acids is 3. The lowest BCUT2D eigenvalue weighted by Crippen LogP contribution is -2.33. The molecule has 0 N–H and O–H groups in total. The van der Waals surface area contributed by atoms with Gasteiger partial charge in [-0.1, -0.05) is 42.0 Å². The first kappa shape index (κ1) is 15.9. The number of rotatable bonds is 5. The molecule has 122 valence electrons. The van der Waals surface area contributed by atoms with Crippen molar-refractivity contribution in [3.8, 4) is 0 Å². The monoisotopic (exact) mass is 323 g/mol. The molecule has 24 heavy (non-hydrogen) atoms. The number of esters is 1. The average Bonchev–Trinajstić information content (AvgIpc) is 2.82. The molecule has 0 bridgehead atoms. The molecule has 0 spiro atoms. The van der Waals surface area contributed by atoms with Gasteiger partial charge in [0.2, 0.25) is 0 Å². The molecule has 0 aromatic heterocycles. The van der Waals surface area contributed by atoms with E-state index in [1.807, 2.05) is 31.2 Å². The molecular weight excluding hydrogens is 306 g/mol. The van der Waals surface area contributed by atoms with Crippen LogP contribution in [0.4, 0.5) is 0 Å². The molecule has 3 rings (SSSR count). The standard InChI is InChI=1S/C19H17NO4/c1-13-6-8-14(9-7-13)12-17(21)24-11-10-20-18(22)15-4-2-3-5-16(15)19(20)23/h2-9H,10-12H2,1H3. The second-order valence-electron chi connectivity index (χ2n) is 5.69. The minimum Gasteiger partial charge on any atom is -0.464 e. The molecule has 0 saturated carbocycles. The van der Waals surface area contributed by atoms with E-state index in [0.717, 1.165) is 16.0 Å². The largest absolute Gasteiger partial charge is 0.464 e. The Morgan fingerprint density at radius 1 is 0.958 bits per heavy atom. The molecule has 1 heterocycles. The van der Waals surface area contributed by atoms with Crippen molar-refractivity contribution in [3.05, 3.63) is 70.8 Å². The predicted molar refractivity (Wildman–Crippen MR) is 87.7 cm³/mol. The summed E-state index contributed by atoms with van der Waals surface area (Å²) in [6.07, 6.45) is 0.169. The van der Waals surface area contributed by atoms with Crippen molar-refractivity contribution < 1.29 is 19.1 Å². The van der Waals surface area contributed by atoms with Gasteiger partial charge in [0.05, 0.1) is 24.1 Å². The van der Waals surface area contributed by atoms with Gasteiger partial charge in [-0.2, -0.15) is 0 Å². The minimum absolute atomic E-state index is 0.00381. The molecule has 1 aliphatic heterocycles. The zero-order valence-electron chi connectivity index (χ0n) is 13.3. The van der Waals surface area contributed by atoms with Gasteiger partial charge in [0, 0.05) is 0 Å². The maximum atomic E-state index is 12.2. The maximum absolute atomic E-state index is 12.2. The molecule has 5 heteroatoms. The summed E-state index contributed by atoms with van der Waals surface area (Å²) < 4.78 is 5.15. The van der Waals surface area contributed by atoms with Gasteiger partial charge < -0.3 is 4.74 Å². The number of carbonyl (C=O) groups is 3. The summed E-state index contributed by atoms with van der Waals surface area (Å²) in [4.78, 5) is 37.3. The summed E-state index contributed by atoms with van der Waals surface area (Å²) >= 11 is 0. The molecule has 0 saturated heterocycles. The molecule has 0 unspecified atom stereocenters. The Labute approximate surface area is 139 Å². The number of hydrogen-bond donors (Lipinski definition) is 0. The van der Waals surface area contributed by atoms with Crippen LogP contribution in [0.15, 0.2) is 48.5 Å². The van der Waals surface area contributed by atoms with Gasteiger partial charge in [-0.15, -0.1) is 0 Å². The van der Waals surface area contributed by atoms with E-state index in [9.17, 15) is 14.4 Å². The Morgan fingerprint density at radius 3 is 2.12 bits per heavy atom. The highest BCUT2D eigenvalue weighted by Gasteiger charge is 2.34. The van der Waals surface area contributed by atoms with Crippen molar-refractivity contribution in [1.29, 1.82) is 0 Å². The van der Waals surface area contributed by atoms with Crippen molar-refractivity contribution in [3.63, 3.8) is 0 Å². The molecule has 0 atom stereocenters. The molecule has 0 aliphatic carbocycles. The molecule has 2 amide bonds. The van der Waals surface area contributed by atoms with Gasteiger partial charge in [-0.3, -0.25) is 19.3 Å².